The third-order valence-corrected chi connectivity index (χ3v) is 8.49. The van der Waals surface area contributed by atoms with Crippen molar-refractivity contribution in [1.82, 2.24) is 0 Å². The fourth-order valence-electron chi connectivity index (χ4n) is 6.52. The standard InChI is InChI=1S/C44H28O/c1-3-14-29(15-4-1)31-18-13-19-32(26-31)42-34-20-7-9-22-36(34)43(37-23-10-8-21-35(37)42)39-27-33(30-16-5-2-6-17-30)28-41-44(39)38-24-11-12-25-40(38)45-41/h1-28H/i7D,8D,9D,10D,20D,21D,22D,23D. The van der Waals surface area contributed by atoms with Crippen LogP contribution in [0.4, 0.5) is 0 Å². The number of rotatable bonds is 4. The fraction of sp³-hybridized carbons (Fsp3) is 0. The van der Waals surface area contributed by atoms with Gasteiger partial charge in [0.15, 0.2) is 0 Å². The minimum absolute atomic E-state index is 0.158. The lowest BCUT2D eigenvalue weighted by Crippen LogP contribution is -1.92. The van der Waals surface area contributed by atoms with Gasteiger partial charge in [0.05, 0.1) is 11.0 Å². The van der Waals surface area contributed by atoms with Crippen LogP contribution in [0, 0.1) is 0 Å². The van der Waals surface area contributed by atoms with Crippen LogP contribution in [-0.2, 0) is 0 Å². The molecule has 0 unspecified atom stereocenters. The minimum atomic E-state index is -0.444. The van der Waals surface area contributed by atoms with Gasteiger partial charge in [-0.2, -0.15) is 0 Å². The summed E-state index contributed by atoms with van der Waals surface area (Å²) in [6.07, 6.45) is 0. The summed E-state index contributed by atoms with van der Waals surface area (Å²) in [5, 5.41) is 2.08. The van der Waals surface area contributed by atoms with Gasteiger partial charge in [0.2, 0.25) is 0 Å². The third kappa shape index (κ3) is 4.17. The summed E-state index contributed by atoms with van der Waals surface area (Å²) in [5.41, 5.74) is 6.24. The molecule has 0 bridgehead atoms. The molecular formula is C44H28O. The SMILES string of the molecule is [2H]c1c([2H])c([2H])c2c(-c3cc(-c4ccccc4)cc4oc5ccccc5c34)c3c([2H])c([2H])c([2H])c([2H])c3c(-c3cccc(-c4ccccc4)c3)c2c1[2H]. The molecule has 9 rings (SSSR count). The normalized spacial score (nSPS) is 14.0. The highest BCUT2D eigenvalue weighted by molar-refractivity contribution is 6.26. The van der Waals surface area contributed by atoms with Crippen molar-refractivity contribution in [1.29, 1.82) is 0 Å². The molecule has 9 aromatic rings. The van der Waals surface area contributed by atoms with E-state index in [1.54, 1.807) is 0 Å². The van der Waals surface area contributed by atoms with E-state index in [1.807, 2.05) is 121 Å². The van der Waals surface area contributed by atoms with Gasteiger partial charge in [-0.05, 0) is 90.3 Å². The topological polar surface area (TPSA) is 13.1 Å². The van der Waals surface area contributed by atoms with E-state index in [1.165, 1.54) is 0 Å². The lowest BCUT2D eigenvalue weighted by atomic mass is 9.83. The van der Waals surface area contributed by atoms with Crippen LogP contribution in [-0.4, -0.2) is 0 Å². The highest BCUT2D eigenvalue weighted by Crippen LogP contribution is 2.48. The first-order chi connectivity index (χ1) is 25.7. The molecular weight excluding hydrogens is 544 g/mol. The summed E-state index contributed by atoms with van der Waals surface area (Å²) in [7, 11) is 0. The van der Waals surface area contributed by atoms with E-state index in [2.05, 4.69) is 0 Å². The Morgan fingerprint density at radius 1 is 0.378 bits per heavy atom. The zero-order valence-electron chi connectivity index (χ0n) is 32.0. The highest BCUT2D eigenvalue weighted by atomic mass is 16.3. The van der Waals surface area contributed by atoms with Crippen LogP contribution in [0.15, 0.2) is 174 Å². The molecule has 1 heterocycles. The van der Waals surface area contributed by atoms with Crippen molar-refractivity contribution in [2.24, 2.45) is 0 Å². The van der Waals surface area contributed by atoms with E-state index >= 15 is 0 Å². The number of fused-ring (bicyclic) bond motifs is 5. The molecule has 0 amide bonds. The Bertz CT molecular complexity index is 2890. The summed E-state index contributed by atoms with van der Waals surface area (Å²) < 4.78 is 79.8. The second-order valence-corrected chi connectivity index (χ2v) is 11.1. The average molecular weight is 581 g/mol. The smallest absolute Gasteiger partial charge is 0.136 e. The van der Waals surface area contributed by atoms with Crippen LogP contribution < -0.4 is 0 Å². The van der Waals surface area contributed by atoms with E-state index in [-0.39, 0.29) is 51.3 Å². The molecule has 210 valence electrons. The van der Waals surface area contributed by atoms with Gasteiger partial charge in [0.25, 0.3) is 0 Å². The Balaban J connectivity index is 1.57. The molecule has 0 aliphatic carbocycles. The van der Waals surface area contributed by atoms with Gasteiger partial charge in [-0.15, -0.1) is 0 Å². The molecule has 1 aromatic heterocycles. The van der Waals surface area contributed by atoms with Gasteiger partial charge in [-0.1, -0.05) is 145 Å². The van der Waals surface area contributed by atoms with E-state index in [0.717, 1.165) is 27.6 Å². The second kappa shape index (κ2) is 10.4. The molecule has 0 saturated heterocycles. The molecule has 0 aliphatic rings. The molecule has 0 N–H and O–H groups in total. The van der Waals surface area contributed by atoms with Crippen molar-refractivity contribution in [3.05, 3.63) is 170 Å². The molecule has 1 nitrogen and oxygen atoms in total. The first-order valence-electron chi connectivity index (χ1n) is 18.8. The summed E-state index contributed by atoms with van der Waals surface area (Å²) in [4.78, 5) is 0. The lowest BCUT2D eigenvalue weighted by molar-refractivity contribution is 0.669. The summed E-state index contributed by atoms with van der Waals surface area (Å²) in [6, 6.07) is 35.4. The molecule has 45 heavy (non-hydrogen) atoms. The molecule has 1 heteroatoms. The van der Waals surface area contributed by atoms with Crippen LogP contribution >= 0.6 is 0 Å². The number of hydrogen-bond acceptors (Lipinski definition) is 1. The molecule has 0 spiro atoms. The van der Waals surface area contributed by atoms with Gasteiger partial charge < -0.3 is 4.42 Å². The van der Waals surface area contributed by atoms with E-state index in [0.29, 0.717) is 33.2 Å². The maximum atomic E-state index is 9.49. The molecule has 0 aliphatic heterocycles. The van der Waals surface area contributed by atoms with Crippen LogP contribution in [0.1, 0.15) is 11.0 Å². The Labute approximate surface area is 272 Å². The second-order valence-electron chi connectivity index (χ2n) is 11.1. The zero-order chi connectivity index (χ0) is 36.7. The first-order valence-corrected chi connectivity index (χ1v) is 14.8. The fourth-order valence-corrected chi connectivity index (χ4v) is 6.52. The van der Waals surface area contributed by atoms with E-state index in [9.17, 15) is 5.48 Å². The van der Waals surface area contributed by atoms with Gasteiger partial charge in [0.1, 0.15) is 11.2 Å². The van der Waals surface area contributed by atoms with Gasteiger partial charge >= 0.3 is 0 Å². The number of furan rings is 1. The van der Waals surface area contributed by atoms with Gasteiger partial charge in [-0.3, -0.25) is 0 Å². The van der Waals surface area contributed by atoms with Crippen molar-refractivity contribution in [3.8, 4) is 44.5 Å². The van der Waals surface area contributed by atoms with E-state index in [4.69, 9.17) is 9.90 Å². The van der Waals surface area contributed by atoms with Crippen molar-refractivity contribution in [2.45, 2.75) is 0 Å². The third-order valence-electron chi connectivity index (χ3n) is 8.49. The summed E-state index contributed by atoms with van der Waals surface area (Å²) >= 11 is 0. The predicted molar refractivity (Wildman–Crippen MR) is 190 cm³/mol. The Kier molecular flexibility index (Phi) is 4.30. The average Bonchev–Trinajstić information content (AvgIpc) is 3.58. The van der Waals surface area contributed by atoms with Crippen molar-refractivity contribution in [2.75, 3.05) is 0 Å². The minimum Gasteiger partial charge on any atom is -0.456 e. The van der Waals surface area contributed by atoms with Crippen LogP contribution in [0.3, 0.4) is 0 Å². The Morgan fingerprint density at radius 2 is 0.911 bits per heavy atom. The van der Waals surface area contributed by atoms with Gasteiger partial charge in [0, 0.05) is 10.8 Å². The molecule has 0 saturated carbocycles. The zero-order valence-corrected chi connectivity index (χ0v) is 24.0. The number of hydrogen-bond donors (Lipinski definition) is 0. The maximum Gasteiger partial charge on any atom is 0.136 e. The molecule has 8 aromatic carbocycles. The predicted octanol–water partition coefficient (Wildman–Crippen LogP) is 12.6. The van der Waals surface area contributed by atoms with Crippen molar-refractivity contribution >= 4 is 43.5 Å². The van der Waals surface area contributed by atoms with Crippen LogP contribution in [0.5, 0.6) is 0 Å². The first kappa shape index (κ1) is 18.7. The Morgan fingerprint density at radius 3 is 1.58 bits per heavy atom. The van der Waals surface area contributed by atoms with Crippen LogP contribution in [0.2, 0.25) is 0 Å². The van der Waals surface area contributed by atoms with Crippen molar-refractivity contribution in [3.63, 3.8) is 0 Å². The Hall–Kier alpha value is -5.92. The molecule has 0 fully saturated rings. The van der Waals surface area contributed by atoms with E-state index < -0.39 is 24.2 Å². The number of benzene rings is 8. The quantitative estimate of drug-likeness (QED) is 0.189. The van der Waals surface area contributed by atoms with Crippen LogP contribution in [0.25, 0.3) is 88.0 Å². The highest BCUT2D eigenvalue weighted by Gasteiger charge is 2.21. The maximum absolute atomic E-state index is 9.49. The largest absolute Gasteiger partial charge is 0.456 e. The van der Waals surface area contributed by atoms with Crippen molar-refractivity contribution < 1.29 is 15.4 Å². The summed E-state index contributed by atoms with van der Waals surface area (Å²) in [5.74, 6) is 0. The molecule has 0 radical (unpaired) electrons. The summed E-state index contributed by atoms with van der Waals surface area (Å²) in [6.45, 7) is 0. The monoisotopic (exact) mass is 580 g/mol. The lowest BCUT2D eigenvalue weighted by Gasteiger charge is -2.19. The molecule has 0 atom stereocenters. The number of para-hydroxylation sites is 1. The van der Waals surface area contributed by atoms with Gasteiger partial charge in [-0.25, -0.2) is 0 Å².